The SMILES string of the molecule is Cc1ccc(-c2nnc(SCCC(=O)NC3CCCCC3)o2)cc1. The first kappa shape index (κ1) is 17.0. The normalized spacial score (nSPS) is 15.4. The van der Waals surface area contributed by atoms with E-state index in [-0.39, 0.29) is 5.91 Å². The molecule has 3 rings (SSSR count). The van der Waals surface area contributed by atoms with E-state index in [4.69, 9.17) is 4.42 Å². The summed E-state index contributed by atoms with van der Waals surface area (Å²) < 4.78 is 5.65. The molecular formula is C18H23N3O2S. The lowest BCUT2D eigenvalue weighted by Gasteiger charge is -2.22. The Kier molecular flexibility index (Phi) is 5.91. The first-order valence-electron chi connectivity index (χ1n) is 8.53. The standard InChI is InChI=1S/C18H23N3O2S/c1-13-7-9-14(10-8-13)17-20-21-18(23-17)24-12-11-16(22)19-15-5-3-2-4-6-15/h7-10,15H,2-6,11-12H2,1H3,(H,19,22). The van der Waals surface area contributed by atoms with Crippen molar-refractivity contribution in [3.05, 3.63) is 29.8 Å². The van der Waals surface area contributed by atoms with Crippen molar-refractivity contribution in [2.75, 3.05) is 5.75 Å². The second-order valence-electron chi connectivity index (χ2n) is 6.24. The van der Waals surface area contributed by atoms with Crippen molar-refractivity contribution in [3.63, 3.8) is 0 Å². The maximum Gasteiger partial charge on any atom is 0.276 e. The molecule has 1 aromatic heterocycles. The number of aromatic nitrogens is 2. The molecule has 0 saturated heterocycles. The van der Waals surface area contributed by atoms with E-state index >= 15 is 0 Å². The number of carbonyl (C=O) groups excluding carboxylic acids is 1. The lowest BCUT2D eigenvalue weighted by Crippen LogP contribution is -2.36. The first-order valence-corrected chi connectivity index (χ1v) is 9.52. The van der Waals surface area contributed by atoms with Gasteiger partial charge in [-0.25, -0.2) is 0 Å². The van der Waals surface area contributed by atoms with E-state index in [1.54, 1.807) is 0 Å². The summed E-state index contributed by atoms with van der Waals surface area (Å²) >= 11 is 1.43. The quantitative estimate of drug-likeness (QED) is 0.802. The van der Waals surface area contributed by atoms with Crippen molar-refractivity contribution >= 4 is 17.7 Å². The van der Waals surface area contributed by atoms with Crippen LogP contribution in [0.25, 0.3) is 11.5 Å². The summed E-state index contributed by atoms with van der Waals surface area (Å²) in [6.07, 6.45) is 6.45. The molecule has 0 unspecified atom stereocenters. The van der Waals surface area contributed by atoms with Gasteiger partial charge >= 0.3 is 0 Å². The molecular weight excluding hydrogens is 322 g/mol. The second-order valence-corrected chi connectivity index (χ2v) is 7.29. The average Bonchev–Trinajstić information content (AvgIpc) is 3.05. The number of hydrogen-bond donors (Lipinski definition) is 1. The third-order valence-electron chi connectivity index (χ3n) is 4.23. The van der Waals surface area contributed by atoms with Crippen molar-refractivity contribution in [2.24, 2.45) is 0 Å². The van der Waals surface area contributed by atoms with Crippen LogP contribution in [0.4, 0.5) is 0 Å². The van der Waals surface area contributed by atoms with Crippen LogP contribution in [0, 0.1) is 6.92 Å². The van der Waals surface area contributed by atoms with Gasteiger partial charge in [-0.15, -0.1) is 10.2 Å². The van der Waals surface area contributed by atoms with Gasteiger partial charge in [-0.05, 0) is 31.9 Å². The summed E-state index contributed by atoms with van der Waals surface area (Å²) in [6, 6.07) is 8.33. The first-order chi connectivity index (χ1) is 11.7. The Hall–Kier alpha value is -1.82. The summed E-state index contributed by atoms with van der Waals surface area (Å²) in [6.45, 7) is 2.04. The molecule has 1 aromatic carbocycles. The van der Waals surface area contributed by atoms with Crippen LogP contribution in [0.5, 0.6) is 0 Å². The molecule has 1 amide bonds. The number of nitrogens with zero attached hydrogens (tertiary/aromatic N) is 2. The van der Waals surface area contributed by atoms with Crippen molar-refractivity contribution < 1.29 is 9.21 Å². The highest BCUT2D eigenvalue weighted by Gasteiger charge is 2.16. The number of thioether (sulfide) groups is 1. The van der Waals surface area contributed by atoms with Crippen LogP contribution < -0.4 is 5.32 Å². The summed E-state index contributed by atoms with van der Waals surface area (Å²) in [5.41, 5.74) is 2.10. The summed E-state index contributed by atoms with van der Waals surface area (Å²) in [5, 5.41) is 11.7. The van der Waals surface area contributed by atoms with Gasteiger partial charge in [-0.2, -0.15) is 0 Å². The average molecular weight is 345 g/mol. The van der Waals surface area contributed by atoms with Crippen LogP contribution in [0.3, 0.4) is 0 Å². The van der Waals surface area contributed by atoms with Gasteiger partial charge in [-0.3, -0.25) is 4.79 Å². The topological polar surface area (TPSA) is 68.0 Å². The zero-order chi connectivity index (χ0) is 16.8. The highest BCUT2D eigenvalue weighted by molar-refractivity contribution is 7.99. The maximum absolute atomic E-state index is 12.0. The molecule has 1 fully saturated rings. The van der Waals surface area contributed by atoms with Crippen LogP contribution >= 0.6 is 11.8 Å². The van der Waals surface area contributed by atoms with Crippen molar-refractivity contribution in [2.45, 2.75) is 56.7 Å². The highest BCUT2D eigenvalue weighted by Crippen LogP contribution is 2.24. The van der Waals surface area contributed by atoms with Gasteiger partial charge in [0.1, 0.15) is 0 Å². The van der Waals surface area contributed by atoms with Crippen LogP contribution in [0.15, 0.2) is 33.9 Å². The number of carbonyl (C=O) groups is 1. The molecule has 1 aliphatic rings. The van der Waals surface area contributed by atoms with Gasteiger partial charge < -0.3 is 9.73 Å². The Morgan fingerprint density at radius 1 is 1.21 bits per heavy atom. The van der Waals surface area contributed by atoms with Crippen LogP contribution in [-0.4, -0.2) is 27.9 Å². The third kappa shape index (κ3) is 4.84. The summed E-state index contributed by atoms with van der Waals surface area (Å²) in [5.74, 6) is 1.28. The fraction of sp³-hybridized carbons (Fsp3) is 0.500. The van der Waals surface area contributed by atoms with Crippen molar-refractivity contribution in [1.82, 2.24) is 15.5 Å². The minimum Gasteiger partial charge on any atom is -0.411 e. The molecule has 1 aliphatic carbocycles. The molecule has 0 aliphatic heterocycles. The molecule has 0 atom stereocenters. The Balaban J connectivity index is 1.43. The lowest BCUT2D eigenvalue weighted by molar-refractivity contribution is -0.121. The number of benzene rings is 1. The molecule has 1 saturated carbocycles. The molecule has 0 bridgehead atoms. The number of aryl methyl sites for hydroxylation is 1. The van der Waals surface area contributed by atoms with E-state index in [1.165, 1.54) is 36.6 Å². The van der Waals surface area contributed by atoms with Gasteiger partial charge in [0, 0.05) is 23.8 Å². The minimum absolute atomic E-state index is 0.118. The predicted octanol–water partition coefficient (Wildman–Crippen LogP) is 3.98. The second kappa shape index (κ2) is 8.33. The Bertz CT molecular complexity index is 663. The molecule has 0 spiro atoms. The summed E-state index contributed by atoms with van der Waals surface area (Å²) in [7, 11) is 0. The van der Waals surface area contributed by atoms with Gasteiger partial charge in [0.25, 0.3) is 5.22 Å². The fourth-order valence-electron chi connectivity index (χ4n) is 2.86. The van der Waals surface area contributed by atoms with Crippen molar-refractivity contribution in [1.29, 1.82) is 0 Å². The van der Waals surface area contributed by atoms with Crippen molar-refractivity contribution in [3.8, 4) is 11.5 Å². The van der Waals surface area contributed by atoms with Gasteiger partial charge in [-0.1, -0.05) is 48.7 Å². The molecule has 2 aromatic rings. The molecule has 24 heavy (non-hydrogen) atoms. The number of nitrogens with one attached hydrogen (secondary N) is 1. The van der Waals surface area contributed by atoms with Crippen LogP contribution in [0.1, 0.15) is 44.1 Å². The zero-order valence-corrected chi connectivity index (χ0v) is 14.8. The fourth-order valence-corrected chi connectivity index (χ4v) is 3.56. The predicted molar refractivity (Wildman–Crippen MR) is 94.8 cm³/mol. The Morgan fingerprint density at radius 3 is 2.71 bits per heavy atom. The monoisotopic (exact) mass is 345 g/mol. The van der Waals surface area contributed by atoms with Crippen LogP contribution in [0.2, 0.25) is 0 Å². The lowest BCUT2D eigenvalue weighted by atomic mass is 9.95. The molecule has 1 heterocycles. The Labute approximate surface area is 146 Å². The van der Waals surface area contributed by atoms with E-state index in [9.17, 15) is 4.79 Å². The van der Waals surface area contributed by atoms with Gasteiger partial charge in [0.15, 0.2) is 0 Å². The number of rotatable bonds is 6. The third-order valence-corrected chi connectivity index (χ3v) is 5.05. The van der Waals surface area contributed by atoms with E-state index in [0.717, 1.165) is 18.4 Å². The highest BCUT2D eigenvalue weighted by atomic mass is 32.2. The molecule has 5 nitrogen and oxygen atoms in total. The smallest absolute Gasteiger partial charge is 0.276 e. The molecule has 0 radical (unpaired) electrons. The largest absolute Gasteiger partial charge is 0.411 e. The number of amides is 1. The Morgan fingerprint density at radius 2 is 1.96 bits per heavy atom. The zero-order valence-electron chi connectivity index (χ0n) is 14.0. The molecule has 128 valence electrons. The number of hydrogen-bond acceptors (Lipinski definition) is 5. The summed E-state index contributed by atoms with van der Waals surface area (Å²) in [4.78, 5) is 12.0. The van der Waals surface area contributed by atoms with Crippen LogP contribution in [-0.2, 0) is 4.79 Å². The molecule has 6 heteroatoms. The maximum atomic E-state index is 12.0. The van der Waals surface area contributed by atoms with E-state index < -0.39 is 0 Å². The minimum atomic E-state index is 0.118. The van der Waals surface area contributed by atoms with Gasteiger partial charge in [0.2, 0.25) is 11.8 Å². The molecule has 1 N–H and O–H groups in total. The van der Waals surface area contributed by atoms with Gasteiger partial charge in [0.05, 0.1) is 0 Å². The van der Waals surface area contributed by atoms with E-state index in [0.29, 0.717) is 29.3 Å². The van der Waals surface area contributed by atoms with E-state index in [2.05, 4.69) is 15.5 Å². The van der Waals surface area contributed by atoms with E-state index in [1.807, 2.05) is 31.2 Å².